The number of carbonyl (C=O) groups is 3. The number of rotatable bonds is 5. The smallest absolute Gasteiger partial charge is 0.462 e. The first-order valence-corrected chi connectivity index (χ1v) is 12.4. The van der Waals surface area contributed by atoms with Crippen LogP contribution < -0.4 is 15.2 Å². The van der Waals surface area contributed by atoms with E-state index in [4.69, 9.17) is 18.7 Å². The van der Waals surface area contributed by atoms with Gasteiger partial charge in [-0.05, 0) is 13.0 Å². The number of pyridine rings is 1. The Morgan fingerprint density at radius 2 is 1.86 bits per heavy atom. The van der Waals surface area contributed by atoms with Crippen LogP contribution in [0.15, 0.2) is 16.2 Å². The molecule has 0 saturated carbocycles. The molecule has 11 nitrogen and oxygen atoms in total. The lowest BCUT2D eigenvalue weighted by atomic mass is 10.0. The molecule has 0 radical (unpaired) electrons. The molecule has 2 aromatic heterocycles. The van der Waals surface area contributed by atoms with Crippen LogP contribution in [0.1, 0.15) is 36.8 Å². The third kappa shape index (κ3) is 4.29. The average Bonchev–Trinajstić information content (AvgIpc) is 3.21. The van der Waals surface area contributed by atoms with E-state index in [-0.39, 0.29) is 21.9 Å². The van der Waals surface area contributed by atoms with Crippen molar-refractivity contribution >= 4 is 63.7 Å². The highest BCUT2D eigenvalue weighted by Gasteiger charge is 2.38. The molecule has 0 bridgehead atoms. The minimum atomic E-state index is -1.98. The van der Waals surface area contributed by atoms with Crippen molar-refractivity contribution in [2.45, 2.75) is 33.4 Å². The fourth-order valence-electron chi connectivity index (χ4n) is 4.81. The van der Waals surface area contributed by atoms with Crippen LogP contribution >= 0.6 is 11.3 Å². The number of benzene rings is 1. The van der Waals surface area contributed by atoms with E-state index in [0.717, 1.165) is 36.9 Å². The fraction of sp³-hybridized carbons (Fsp3) is 0.391. The van der Waals surface area contributed by atoms with Gasteiger partial charge in [-0.2, -0.15) is 0 Å². The molecule has 2 aliphatic rings. The number of anilines is 2. The Morgan fingerprint density at radius 1 is 1.16 bits per heavy atom. The average molecular weight is 531 g/mol. The molecule has 2 aliphatic heterocycles. The van der Waals surface area contributed by atoms with Gasteiger partial charge >= 0.3 is 13.3 Å². The van der Waals surface area contributed by atoms with Crippen molar-refractivity contribution in [1.82, 2.24) is 4.40 Å². The SMILES string of the molecule is CC(=O)OB(OC(C)=O)OC(=O)c1c(=O)c2cc(F)c(N3CCOC(C)C3)c3c2n2c(csc12)CN3C. The molecule has 0 N–H and O–H groups in total. The molecule has 1 fully saturated rings. The van der Waals surface area contributed by atoms with E-state index in [1.54, 1.807) is 9.78 Å². The Balaban J connectivity index is 1.71. The zero-order valence-electron chi connectivity index (χ0n) is 20.5. The number of nitrogens with zero attached hydrogens (tertiary/aromatic N) is 3. The molecule has 3 aromatic rings. The molecule has 37 heavy (non-hydrogen) atoms. The Bertz CT molecular complexity index is 1510. The summed E-state index contributed by atoms with van der Waals surface area (Å²) in [5.74, 6) is -3.51. The summed E-state index contributed by atoms with van der Waals surface area (Å²) >= 11 is 1.15. The van der Waals surface area contributed by atoms with Crippen LogP contribution in [0.3, 0.4) is 0 Å². The number of halogens is 1. The fourth-order valence-corrected chi connectivity index (χ4v) is 5.84. The summed E-state index contributed by atoms with van der Waals surface area (Å²) in [4.78, 5) is 53.7. The van der Waals surface area contributed by atoms with Crippen LogP contribution in [-0.4, -0.2) is 62.5 Å². The van der Waals surface area contributed by atoms with Crippen molar-refractivity contribution < 1.29 is 37.5 Å². The van der Waals surface area contributed by atoms with Gasteiger partial charge in [-0.3, -0.25) is 18.8 Å². The number of thiazole rings is 1. The van der Waals surface area contributed by atoms with Gasteiger partial charge in [0.25, 0.3) is 11.9 Å². The molecule has 1 unspecified atom stereocenters. The van der Waals surface area contributed by atoms with Crippen LogP contribution in [0.4, 0.5) is 15.8 Å². The monoisotopic (exact) mass is 531 g/mol. The molecular weight excluding hydrogens is 508 g/mol. The van der Waals surface area contributed by atoms with Crippen molar-refractivity contribution in [3.63, 3.8) is 0 Å². The topological polar surface area (TPSA) is 116 Å². The summed E-state index contributed by atoms with van der Waals surface area (Å²) in [6.45, 7) is 5.81. The van der Waals surface area contributed by atoms with Crippen LogP contribution in [-0.2, 0) is 34.8 Å². The quantitative estimate of drug-likeness (QED) is 0.454. The molecule has 1 atom stereocenters. The van der Waals surface area contributed by atoms with E-state index >= 15 is 4.39 Å². The first-order chi connectivity index (χ1) is 17.6. The number of ether oxygens (including phenoxy) is 1. The molecule has 0 spiro atoms. The lowest BCUT2D eigenvalue weighted by Gasteiger charge is -2.37. The molecule has 1 aromatic carbocycles. The summed E-state index contributed by atoms with van der Waals surface area (Å²) in [5.41, 5.74) is 1.05. The number of hydrogen-bond acceptors (Lipinski definition) is 11. The Kier molecular flexibility index (Phi) is 6.32. The van der Waals surface area contributed by atoms with E-state index in [1.807, 2.05) is 23.8 Å². The van der Waals surface area contributed by atoms with Crippen LogP contribution in [0.25, 0.3) is 15.7 Å². The zero-order valence-corrected chi connectivity index (χ0v) is 21.3. The number of carbonyl (C=O) groups excluding carboxylic acids is 3. The Hall–Kier alpha value is -3.65. The van der Waals surface area contributed by atoms with Crippen molar-refractivity contribution in [3.05, 3.63) is 38.7 Å². The molecule has 14 heteroatoms. The van der Waals surface area contributed by atoms with E-state index in [1.165, 1.54) is 0 Å². The van der Waals surface area contributed by atoms with Gasteiger partial charge in [-0.15, -0.1) is 11.3 Å². The van der Waals surface area contributed by atoms with Gasteiger partial charge < -0.3 is 28.5 Å². The summed E-state index contributed by atoms with van der Waals surface area (Å²) in [5, 5.41) is 1.80. The standard InChI is InChI=1S/C23H23BFN3O8S/c1-11-8-27(5-6-33-11)19-16(25)7-15-18-20(19)26(4)9-14-10-37-22(28(14)18)17(21(15)31)23(32)36-24(34-12(2)29)35-13(3)30/h7,10-11H,5-6,8-9H2,1-4H3. The maximum Gasteiger partial charge on any atom is 0.870 e. The molecule has 0 amide bonds. The van der Waals surface area contributed by atoms with Crippen molar-refractivity contribution in [1.29, 1.82) is 0 Å². The minimum absolute atomic E-state index is 0.00951. The molecule has 5 rings (SSSR count). The maximum absolute atomic E-state index is 15.7. The number of aromatic nitrogens is 1. The molecule has 4 heterocycles. The van der Waals surface area contributed by atoms with Gasteiger partial charge in [0.15, 0.2) is 0 Å². The van der Waals surface area contributed by atoms with Crippen LogP contribution in [0, 0.1) is 5.82 Å². The first-order valence-electron chi connectivity index (χ1n) is 11.5. The van der Waals surface area contributed by atoms with Crippen molar-refractivity contribution in [2.75, 3.05) is 36.5 Å². The molecule has 194 valence electrons. The third-order valence-electron chi connectivity index (χ3n) is 6.18. The second kappa shape index (κ2) is 9.34. The van der Waals surface area contributed by atoms with Gasteiger partial charge in [-0.25, -0.2) is 9.18 Å². The lowest BCUT2D eigenvalue weighted by molar-refractivity contribution is -0.139. The van der Waals surface area contributed by atoms with Crippen LogP contribution in [0.5, 0.6) is 0 Å². The van der Waals surface area contributed by atoms with E-state index < -0.39 is 36.5 Å². The third-order valence-corrected chi connectivity index (χ3v) is 7.18. The van der Waals surface area contributed by atoms with Crippen molar-refractivity contribution in [2.24, 2.45) is 0 Å². The molecule has 1 saturated heterocycles. The highest BCUT2D eigenvalue weighted by molar-refractivity contribution is 7.16. The predicted molar refractivity (Wildman–Crippen MR) is 133 cm³/mol. The number of hydrogen-bond donors (Lipinski definition) is 0. The Morgan fingerprint density at radius 3 is 2.51 bits per heavy atom. The van der Waals surface area contributed by atoms with Crippen molar-refractivity contribution in [3.8, 4) is 0 Å². The van der Waals surface area contributed by atoms with E-state index in [0.29, 0.717) is 43.1 Å². The van der Waals surface area contributed by atoms with E-state index in [2.05, 4.69) is 0 Å². The minimum Gasteiger partial charge on any atom is -0.462 e. The lowest BCUT2D eigenvalue weighted by Crippen LogP contribution is -2.42. The predicted octanol–water partition coefficient (Wildman–Crippen LogP) is 2.10. The largest absolute Gasteiger partial charge is 0.870 e. The zero-order chi connectivity index (χ0) is 26.6. The van der Waals surface area contributed by atoms with E-state index in [9.17, 15) is 19.2 Å². The summed E-state index contributed by atoms with van der Waals surface area (Å²) in [6, 6.07) is 1.13. The first kappa shape index (κ1) is 25.0. The highest BCUT2D eigenvalue weighted by atomic mass is 32.1. The summed E-state index contributed by atoms with van der Waals surface area (Å²) in [6.07, 6.45) is -0.0936. The highest BCUT2D eigenvalue weighted by Crippen LogP contribution is 2.43. The van der Waals surface area contributed by atoms with Gasteiger partial charge in [-0.1, -0.05) is 0 Å². The second-order valence-electron chi connectivity index (χ2n) is 8.92. The van der Waals surface area contributed by atoms with Gasteiger partial charge in [0.1, 0.15) is 16.2 Å². The molecular formula is C23H23BFN3O8S. The molecule has 0 aliphatic carbocycles. The van der Waals surface area contributed by atoms with Crippen LogP contribution in [0.2, 0.25) is 0 Å². The second-order valence-corrected chi connectivity index (χ2v) is 9.78. The summed E-state index contributed by atoms with van der Waals surface area (Å²) < 4.78 is 37.7. The summed E-state index contributed by atoms with van der Waals surface area (Å²) in [7, 11) is -0.154. The number of morpholine rings is 1. The van der Waals surface area contributed by atoms with Gasteiger partial charge in [0.2, 0.25) is 5.43 Å². The normalized spacial score (nSPS) is 16.8. The Labute approximate surface area is 214 Å². The van der Waals surface area contributed by atoms with Gasteiger partial charge in [0, 0.05) is 39.4 Å². The van der Waals surface area contributed by atoms with Gasteiger partial charge in [0.05, 0.1) is 47.2 Å². The maximum atomic E-state index is 15.7.